The lowest BCUT2D eigenvalue weighted by Crippen LogP contribution is -2.26. The normalized spacial score (nSPS) is 12.7. The first-order valence-corrected chi connectivity index (χ1v) is 10.6. The molecule has 3 heterocycles. The number of para-hydroxylation sites is 1. The van der Waals surface area contributed by atoms with E-state index in [1.54, 1.807) is 16.8 Å². The fourth-order valence-electron chi connectivity index (χ4n) is 3.94. The molecule has 0 bridgehead atoms. The van der Waals surface area contributed by atoms with Crippen molar-refractivity contribution in [2.24, 2.45) is 0 Å². The first kappa shape index (κ1) is 21.5. The number of fused-ring (bicyclic) bond motifs is 1. The molecule has 0 aliphatic carbocycles. The maximum absolute atomic E-state index is 14.7. The SMILES string of the molecule is C=C(Nc1ccc(Oc2ccnc(N)c2)c(F)c1)c1c2n(n(-c3ccccc3)c1=O)CCOC2. The third-order valence-electron chi connectivity index (χ3n) is 5.44. The second-order valence-electron chi connectivity index (χ2n) is 7.72. The average Bonchev–Trinajstić information content (AvgIpc) is 3.13. The van der Waals surface area contributed by atoms with Gasteiger partial charge >= 0.3 is 0 Å². The van der Waals surface area contributed by atoms with Gasteiger partial charge in [-0.05, 0) is 30.3 Å². The van der Waals surface area contributed by atoms with Gasteiger partial charge in [0, 0.05) is 29.7 Å². The van der Waals surface area contributed by atoms with Gasteiger partial charge in [-0.15, -0.1) is 0 Å². The number of nitrogen functional groups attached to an aromatic ring is 1. The van der Waals surface area contributed by atoms with Crippen LogP contribution in [0.4, 0.5) is 15.9 Å². The van der Waals surface area contributed by atoms with Crippen molar-refractivity contribution in [1.29, 1.82) is 0 Å². The summed E-state index contributed by atoms with van der Waals surface area (Å²) in [5.41, 5.74) is 8.06. The molecule has 4 aromatic rings. The summed E-state index contributed by atoms with van der Waals surface area (Å²) in [4.78, 5) is 17.3. The maximum Gasteiger partial charge on any atom is 0.281 e. The molecule has 8 nitrogen and oxygen atoms in total. The number of ether oxygens (including phenoxy) is 2. The first-order valence-electron chi connectivity index (χ1n) is 10.6. The van der Waals surface area contributed by atoms with Crippen LogP contribution in [0.15, 0.2) is 78.2 Å². The molecular formula is C25H22FN5O3. The van der Waals surface area contributed by atoms with E-state index < -0.39 is 5.82 Å². The molecule has 0 saturated carbocycles. The molecule has 0 fully saturated rings. The van der Waals surface area contributed by atoms with E-state index in [4.69, 9.17) is 15.2 Å². The lowest BCUT2D eigenvalue weighted by molar-refractivity contribution is 0.0770. The van der Waals surface area contributed by atoms with Crippen LogP contribution in [0.25, 0.3) is 11.4 Å². The van der Waals surface area contributed by atoms with Gasteiger partial charge in [-0.25, -0.2) is 14.1 Å². The summed E-state index contributed by atoms with van der Waals surface area (Å²) in [6.07, 6.45) is 1.48. The number of hydrogen-bond donors (Lipinski definition) is 2. The summed E-state index contributed by atoms with van der Waals surface area (Å²) in [5.74, 6) is 0.0897. The molecule has 9 heteroatoms. The van der Waals surface area contributed by atoms with Gasteiger partial charge in [0.15, 0.2) is 11.6 Å². The van der Waals surface area contributed by atoms with Crippen molar-refractivity contribution in [2.75, 3.05) is 17.7 Å². The van der Waals surface area contributed by atoms with Gasteiger partial charge in [-0.3, -0.25) is 9.48 Å². The zero-order valence-corrected chi connectivity index (χ0v) is 18.2. The first-order chi connectivity index (χ1) is 16.5. The van der Waals surface area contributed by atoms with Gasteiger partial charge in [0.2, 0.25) is 0 Å². The Hall–Kier alpha value is -4.37. The van der Waals surface area contributed by atoms with E-state index in [0.29, 0.717) is 41.5 Å². The van der Waals surface area contributed by atoms with E-state index in [2.05, 4.69) is 16.9 Å². The largest absolute Gasteiger partial charge is 0.454 e. The van der Waals surface area contributed by atoms with Crippen molar-refractivity contribution in [2.45, 2.75) is 13.2 Å². The van der Waals surface area contributed by atoms with Crippen LogP contribution < -0.4 is 21.3 Å². The second kappa shape index (κ2) is 8.87. The number of aromatic nitrogens is 3. The van der Waals surface area contributed by atoms with Crippen LogP contribution in [0.5, 0.6) is 11.5 Å². The van der Waals surface area contributed by atoms with Crippen molar-refractivity contribution >= 4 is 17.2 Å². The average molecular weight is 459 g/mol. The van der Waals surface area contributed by atoms with Gasteiger partial charge in [-0.1, -0.05) is 24.8 Å². The minimum absolute atomic E-state index is 0.0304. The lowest BCUT2D eigenvalue weighted by Gasteiger charge is -2.20. The highest BCUT2D eigenvalue weighted by Crippen LogP contribution is 2.29. The number of benzene rings is 2. The summed E-state index contributed by atoms with van der Waals surface area (Å²) < 4.78 is 29.4. The number of nitrogens with two attached hydrogens (primary N) is 1. The maximum atomic E-state index is 14.7. The van der Waals surface area contributed by atoms with Crippen molar-refractivity contribution in [3.63, 3.8) is 0 Å². The molecule has 1 aliphatic heterocycles. The zero-order valence-electron chi connectivity index (χ0n) is 18.2. The Kier molecular flexibility index (Phi) is 5.60. The highest BCUT2D eigenvalue weighted by atomic mass is 19.1. The van der Waals surface area contributed by atoms with Crippen molar-refractivity contribution in [3.05, 3.63) is 101 Å². The number of hydrogen-bond acceptors (Lipinski definition) is 6. The summed E-state index contributed by atoms with van der Waals surface area (Å²) in [6.45, 7) is 5.37. The Morgan fingerprint density at radius 3 is 2.76 bits per heavy atom. The molecule has 172 valence electrons. The van der Waals surface area contributed by atoms with E-state index in [0.717, 1.165) is 5.69 Å². The van der Waals surface area contributed by atoms with Crippen LogP contribution in [0, 0.1) is 5.82 Å². The third kappa shape index (κ3) is 4.04. The lowest BCUT2D eigenvalue weighted by atomic mass is 10.1. The number of halogens is 1. The zero-order chi connectivity index (χ0) is 23.7. The Bertz CT molecular complexity index is 1430. The van der Waals surface area contributed by atoms with Crippen LogP contribution >= 0.6 is 0 Å². The van der Waals surface area contributed by atoms with Gasteiger partial charge < -0.3 is 20.5 Å². The number of nitrogens with zero attached hydrogens (tertiary/aromatic N) is 3. The Morgan fingerprint density at radius 2 is 2.00 bits per heavy atom. The quantitative estimate of drug-likeness (QED) is 0.450. The smallest absolute Gasteiger partial charge is 0.281 e. The molecule has 0 amide bonds. The molecule has 0 unspecified atom stereocenters. The molecule has 0 radical (unpaired) electrons. The van der Waals surface area contributed by atoms with E-state index in [9.17, 15) is 9.18 Å². The number of nitrogens with one attached hydrogen (secondary N) is 1. The van der Waals surface area contributed by atoms with Gasteiger partial charge in [0.05, 0.1) is 36.7 Å². The molecule has 2 aromatic carbocycles. The van der Waals surface area contributed by atoms with Gasteiger partial charge in [-0.2, -0.15) is 0 Å². The highest BCUT2D eigenvalue weighted by Gasteiger charge is 2.25. The topological polar surface area (TPSA) is 96.3 Å². The summed E-state index contributed by atoms with van der Waals surface area (Å²) in [7, 11) is 0. The monoisotopic (exact) mass is 459 g/mol. The fraction of sp³-hybridized carbons (Fsp3) is 0.120. The molecule has 5 rings (SSSR count). The molecular weight excluding hydrogens is 437 g/mol. The Balaban J connectivity index is 1.43. The highest BCUT2D eigenvalue weighted by molar-refractivity contribution is 5.76. The summed E-state index contributed by atoms with van der Waals surface area (Å²) >= 11 is 0. The fourth-order valence-corrected chi connectivity index (χ4v) is 3.94. The van der Waals surface area contributed by atoms with Crippen LogP contribution in [0.2, 0.25) is 0 Å². The van der Waals surface area contributed by atoms with Crippen LogP contribution in [-0.4, -0.2) is 21.0 Å². The van der Waals surface area contributed by atoms with E-state index in [1.807, 2.05) is 35.0 Å². The molecule has 0 atom stereocenters. The number of pyridine rings is 1. The third-order valence-corrected chi connectivity index (χ3v) is 5.44. The van der Waals surface area contributed by atoms with Gasteiger partial charge in [0.1, 0.15) is 11.6 Å². The van der Waals surface area contributed by atoms with Crippen LogP contribution in [0.1, 0.15) is 11.3 Å². The number of rotatable bonds is 6. The molecule has 2 aromatic heterocycles. The number of anilines is 2. The summed E-state index contributed by atoms with van der Waals surface area (Å²) in [5, 5.41) is 3.05. The predicted molar refractivity (Wildman–Crippen MR) is 127 cm³/mol. The minimum atomic E-state index is -0.586. The van der Waals surface area contributed by atoms with Crippen molar-refractivity contribution in [1.82, 2.24) is 14.3 Å². The molecule has 3 N–H and O–H groups in total. The molecule has 34 heavy (non-hydrogen) atoms. The molecule has 0 spiro atoms. The minimum Gasteiger partial charge on any atom is -0.454 e. The van der Waals surface area contributed by atoms with E-state index >= 15 is 0 Å². The standard InChI is InChI=1S/C25H22FN5O3/c1-16(29-17-7-8-22(20(26)13-17)34-19-9-10-28-23(27)14-19)24-21-15-33-12-11-30(21)31(25(24)32)18-5-3-2-4-6-18/h2-10,13-14,29H,1,11-12,15H2,(H2,27,28). The molecule has 0 saturated heterocycles. The second-order valence-corrected chi connectivity index (χ2v) is 7.72. The summed E-state index contributed by atoms with van der Waals surface area (Å²) in [6, 6.07) is 16.9. The van der Waals surface area contributed by atoms with E-state index in [-0.39, 0.29) is 23.7 Å². The predicted octanol–water partition coefficient (Wildman–Crippen LogP) is 4.16. The van der Waals surface area contributed by atoms with Crippen LogP contribution in [0.3, 0.4) is 0 Å². The Morgan fingerprint density at radius 1 is 1.18 bits per heavy atom. The van der Waals surface area contributed by atoms with E-state index in [1.165, 1.54) is 24.4 Å². The molecule has 1 aliphatic rings. The van der Waals surface area contributed by atoms with Crippen molar-refractivity contribution < 1.29 is 13.9 Å². The Labute approximate surface area is 194 Å². The van der Waals surface area contributed by atoms with Crippen LogP contribution in [-0.2, 0) is 17.9 Å². The van der Waals surface area contributed by atoms with Gasteiger partial charge in [0.25, 0.3) is 5.56 Å². The van der Waals surface area contributed by atoms with Crippen molar-refractivity contribution in [3.8, 4) is 17.2 Å².